The molecule has 0 saturated carbocycles. The van der Waals surface area contributed by atoms with Crippen LogP contribution < -0.4 is 4.18 Å². The highest BCUT2D eigenvalue weighted by Gasteiger charge is 2.22. The average molecular weight is 388 g/mol. The van der Waals surface area contributed by atoms with Gasteiger partial charge in [0.05, 0.1) is 11.4 Å². The van der Waals surface area contributed by atoms with Gasteiger partial charge in [-0.15, -0.1) is 0 Å². The van der Waals surface area contributed by atoms with E-state index in [4.69, 9.17) is 4.18 Å². The monoisotopic (exact) mass is 388 g/mol. The van der Waals surface area contributed by atoms with E-state index in [-0.39, 0.29) is 16.7 Å². The summed E-state index contributed by atoms with van der Waals surface area (Å²) in [5.41, 5.74) is 3.47. The molecular formula is C20H21FN2O3S. The third kappa shape index (κ3) is 4.03. The van der Waals surface area contributed by atoms with Crippen LogP contribution in [0.25, 0.3) is 5.69 Å². The molecule has 0 saturated heterocycles. The predicted octanol–water partition coefficient (Wildman–Crippen LogP) is 4.52. The quantitative estimate of drug-likeness (QED) is 0.603. The molecule has 0 fully saturated rings. The number of halogens is 1. The van der Waals surface area contributed by atoms with E-state index in [0.29, 0.717) is 5.69 Å². The second kappa shape index (κ2) is 7.15. The van der Waals surface area contributed by atoms with Crippen LogP contribution in [-0.2, 0) is 10.1 Å². The number of aryl methyl sites for hydroxylation is 2. The third-order valence-corrected chi connectivity index (χ3v) is 5.40. The Balaban J connectivity index is 2.08. The van der Waals surface area contributed by atoms with Gasteiger partial charge in [-0.05, 0) is 55.7 Å². The molecule has 0 unspecified atom stereocenters. The third-order valence-electron chi connectivity index (χ3n) is 4.16. The fraction of sp³-hybridized carbons (Fsp3) is 0.250. The van der Waals surface area contributed by atoms with E-state index < -0.39 is 15.9 Å². The van der Waals surface area contributed by atoms with Crippen LogP contribution in [0, 0.1) is 19.7 Å². The zero-order valence-electron chi connectivity index (χ0n) is 15.6. The highest BCUT2D eigenvalue weighted by atomic mass is 32.2. The molecule has 0 radical (unpaired) electrons. The van der Waals surface area contributed by atoms with Gasteiger partial charge in [0, 0.05) is 6.07 Å². The summed E-state index contributed by atoms with van der Waals surface area (Å²) in [6.45, 7) is 7.84. The highest BCUT2D eigenvalue weighted by Crippen LogP contribution is 2.28. The molecule has 27 heavy (non-hydrogen) atoms. The van der Waals surface area contributed by atoms with Crippen molar-refractivity contribution in [2.75, 3.05) is 0 Å². The molecule has 2 aromatic carbocycles. The van der Waals surface area contributed by atoms with Gasteiger partial charge in [0.25, 0.3) is 0 Å². The summed E-state index contributed by atoms with van der Waals surface area (Å²) in [4.78, 5) is -0.122. The summed E-state index contributed by atoms with van der Waals surface area (Å²) in [6, 6.07) is 11.9. The highest BCUT2D eigenvalue weighted by molar-refractivity contribution is 7.87. The van der Waals surface area contributed by atoms with Crippen molar-refractivity contribution in [1.29, 1.82) is 0 Å². The second-order valence-corrected chi connectivity index (χ2v) is 8.30. The van der Waals surface area contributed by atoms with Crippen LogP contribution in [0.1, 0.15) is 36.6 Å². The van der Waals surface area contributed by atoms with Gasteiger partial charge >= 0.3 is 10.1 Å². The minimum Gasteiger partial charge on any atom is -0.358 e. The predicted molar refractivity (Wildman–Crippen MR) is 101 cm³/mol. The number of rotatable bonds is 5. The number of benzene rings is 2. The molecule has 0 atom stereocenters. The van der Waals surface area contributed by atoms with E-state index in [0.717, 1.165) is 28.9 Å². The van der Waals surface area contributed by atoms with Crippen molar-refractivity contribution in [3.8, 4) is 11.6 Å². The number of hydrogen-bond donors (Lipinski definition) is 0. The SMILES string of the molecule is Cc1ccc(-n2nc(C(C)C)cc2OS(=O)(=O)c2ccc(F)cc2)c(C)c1. The first-order valence-corrected chi connectivity index (χ1v) is 9.96. The van der Waals surface area contributed by atoms with E-state index in [1.54, 1.807) is 6.07 Å². The van der Waals surface area contributed by atoms with Gasteiger partial charge in [-0.1, -0.05) is 31.5 Å². The number of nitrogens with zero attached hydrogens (tertiary/aromatic N) is 2. The number of aromatic nitrogens is 2. The topological polar surface area (TPSA) is 61.2 Å². The minimum atomic E-state index is -4.12. The van der Waals surface area contributed by atoms with Crippen molar-refractivity contribution in [2.45, 2.75) is 38.5 Å². The molecule has 5 nitrogen and oxygen atoms in total. The van der Waals surface area contributed by atoms with Gasteiger partial charge in [-0.25, -0.2) is 4.39 Å². The maximum Gasteiger partial charge on any atom is 0.340 e. The number of hydrogen-bond acceptors (Lipinski definition) is 4. The molecule has 3 rings (SSSR count). The zero-order valence-corrected chi connectivity index (χ0v) is 16.4. The lowest BCUT2D eigenvalue weighted by Gasteiger charge is -2.12. The molecule has 0 amide bonds. The van der Waals surface area contributed by atoms with Crippen LogP contribution in [0.3, 0.4) is 0 Å². The van der Waals surface area contributed by atoms with Crippen molar-refractivity contribution in [3.63, 3.8) is 0 Å². The van der Waals surface area contributed by atoms with E-state index >= 15 is 0 Å². The lowest BCUT2D eigenvalue weighted by atomic mass is 10.1. The van der Waals surface area contributed by atoms with Crippen molar-refractivity contribution in [3.05, 3.63) is 71.2 Å². The molecule has 142 valence electrons. The summed E-state index contributed by atoms with van der Waals surface area (Å²) in [5.74, 6) is -0.334. The van der Waals surface area contributed by atoms with Crippen LogP contribution >= 0.6 is 0 Å². The maximum atomic E-state index is 13.1. The van der Waals surface area contributed by atoms with Crippen LogP contribution in [0.4, 0.5) is 4.39 Å². The molecule has 1 aromatic heterocycles. The summed E-state index contributed by atoms with van der Waals surface area (Å²) >= 11 is 0. The van der Waals surface area contributed by atoms with Gasteiger partial charge in [0.2, 0.25) is 5.88 Å². The maximum absolute atomic E-state index is 13.1. The second-order valence-electron chi connectivity index (χ2n) is 6.76. The van der Waals surface area contributed by atoms with E-state index in [9.17, 15) is 12.8 Å². The van der Waals surface area contributed by atoms with Crippen LogP contribution in [-0.4, -0.2) is 18.2 Å². The van der Waals surface area contributed by atoms with Crippen LogP contribution in [0.2, 0.25) is 0 Å². The van der Waals surface area contributed by atoms with Gasteiger partial charge in [-0.2, -0.15) is 18.2 Å². The first-order chi connectivity index (χ1) is 12.7. The standard InChI is InChI=1S/C20H21FN2O3S/c1-13(2)18-12-20(23(22-18)19-10-5-14(3)11-15(19)4)26-27(24,25)17-8-6-16(21)7-9-17/h5-13H,1-4H3. The molecule has 3 aromatic rings. The summed E-state index contributed by atoms with van der Waals surface area (Å²) in [6.07, 6.45) is 0. The van der Waals surface area contributed by atoms with Crippen LogP contribution in [0.15, 0.2) is 53.4 Å². The fourth-order valence-electron chi connectivity index (χ4n) is 2.70. The molecule has 0 aliphatic carbocycles. The van der Waals surface area contributed by atoms with E-state index in [1.807, 2.05) is 45.9 Å². The molecule has 1 heterocycles. The molecule has 0 aliphatic heterocycles. The molecule has 0 aliphatic rings. The van der Waals surface area contributed by atoms with Gasteiger partial charge in [0.15, 0.2) is 0 Å². The van der Waals surface area contributed by atoms with Crippen molar-refractivity contribution in [2.24, 2.45) is 0 Å². The summed E-state index contributed by atoms with van der Waals surface area (Å²) in [5, 5.41) is 4.53. The van der Waals surface area contributed by atoms with Gasteiger partial charge in [-0.3, -0.25) is 0 Å². The minimum absolute atomic E-state index is 0.0906. The normalized spacial score (nSPS) is 11.8. The molecule has 0 bridgehead atoms. The largest absolute Gasteiger partial charge is 0.358 e. The van der Waals surface area contributed by atoms with Gasteiger partial charge < -0.3 is 4.18 Å². The average Bonchev–Trinajstić information content (AvgIpc) is 2.98. The fourth-order valence-corrected chi connectivity index (χ4v) is 3.61. The first-order valence-electron chi connectivity index (χ1n) is 8.55. The molecule has 7 heteroatoms. The first kappa shape index (κ1) is 19.1. The Bertz CT molecular complexity index is 1070. The van der Waals surface area contributed by atoms with E-state index in [2.05, 4.69) is 5.10 Å². The summed E-state index contributed by atoms with van der Waals surface area (Å²) in [7, 11) is -4.12. The van der Waals surface area contributed by atoms with Gasteiger partial charge in [0.1, 0.15) is 10.7 Å². The Labute approximate surface area is 158 Å². The molecular weight excluding hydrogens is 367 g/mol. The zero-order chi connectivity index (χ0) is 19.8. The Morgan fingerprint density at radius 3 is 2.30 bits per heavy atom. The molecule has 0 spiro atoms. The smallest absolute Gasteiger partial charge is 0.340 e. The Morgan fingerprint density at radius 1 is 1.04 bits per heavy atom. The Kier molecular flexibility index (Phi) is 5.06. The lowest BCUT2D eigenvalue weighted by Crippen LogP contribution is -2.13. The lowest BCUT2D eigenvalue weighted by molar-refractivity contribution is 0.464. The van der Waals surface area contributed by atoms with Crippen molar-refractivity contribution < 1.29 is 17.0 Å². The van der Waals surface area contributed by atoms with E-state index in [1.165, 1.54) is 16.8 Å². The Hall–Kier alpha value is -2.67. The summed E-state index contributed by atoms with van der Waals surface area (Å²) < 4.78 is 45.2. The molecule has 0 N–H and O–H groups in total. The Morgan fingerprint density at radius 2 is 1.70 bits per heavy atom. The van der Waals surface area contributed by atoms with Crippen LogP contribution in [0.5, 0.6) is 5.88 Å². The van der Waals surface area contributed by atoms with Crippen molar-refractivity contribution >= 4 is 10.1 Å². The van der Waals surface area contributed by atoms with Crippen molar-refractivity contribution in [1.82, 2.24) is 9.78 Å².